The van der Waals surface area contributed by atoms with Gasteiger partial charge in [0.2, 0.25) is 5.56 Å². The number of aromatic hydroxyl groups is 1. The second kappa shape index (κ2) is 3.44. The first-order chi connectivity index (χ1) is 6.43. The Morgan fingerprint density at radius 2 is 2.14 bits per heavy atom. The van der Waals surface area contributed by atoms with Crippen molar-refractivity contribution in [2.45, 2.75) is 6.43 Å². The monoisotopic (exact) mass is 204 g/mol. The largest absolute Gasteiger partial charge is 0.505 e. The lowest BCUT2D eigenvalue weighted by Gasteiger charge is -2.05. The number of rotatable bonds is 2. The van der Waals surface area contributed by atoms with E-state index in [9.17, 15) is 18.4 Å². The maximum atomic E-state index is 12.2. The zero-order chi connectivity index (χ0) is 10.9. The Bertz CT molecular complexity index is 427. The molecule has 76 valence electrons. The molecule has 0 spiro atoms. The van der Waals surface area contributed by atoms with Gasteiger partial charge in [-0.3, -0.25) is 9.59 Å². The van der Waals surface area contributed by atoms with Crippen molar-refractivity contribution >= 4 is 5.91 Å². The van der Waals surface area contributed by atoms with Gasteiger partial charge in [-0.15, -0.1) is 0 Å². The maximum absolute atomic E-state index is 12.2. The van der Waals surface area contributed by atoms with Crippen LogP contribution in [0.5, 0.6) is 5.75 Å². The molecule has 7 heteroatoms. The Balaban J connectivity index is 3.48. The lowest BCUT2D eigenvalue weighted by molar-refractivity contribution is 0.0995. The van der Waals surface area contributed by atoms with Crippen molar-refractivity contribution in [2.24, 2.45) is 5.73 Å². The molecule has 0 aliphatic carbocycles. The normalized spacial score (nSPS) is 10.5. The number of alkyl halides is 2. The minimum absolute atomic E-state index is 0.621. The highest BCUT2D eigenvalue weighted by Crippen LogP contribution is 2.27. The first kappa shape index (κ1) is 10.2. The molecular formula is C7H6F2N2O3. The Hall–Kier alpha value is -1.92. The van der Waals surface area contributed by atoms with Crippen LogP contribution in [0.15, 0.2) is 10.9 Å². The van der Waals surface area contributed by atoms with E-state index < -0.39 is 34.9 Å². The molecule has 0 saturated carbocycles. The van der Waals surface area contributed by atoms with Crippen molar-refractivity contribution in [1.29, 1.82) is 0 Å². The molecule has 0 fully saturated rings. The first-order valence-corrected chi connectivity index (χ1v) is 3.47. The number of aromatic nitrogens is 1. The number of pyridine rings is 1. The summed E-state index contributed by atoms with van der Waals surface area (Å²) in [5.41, 5.74) is 2.20. The lowest BCUT2D eigenvalue weighted by atomic mass is 10.2. The van der Waals surface area contributed by atoms with E-state index in [2.05, 4.69) is 0 Å². The highest BCUT2D eigenvalue weighted by molar-refractivity contribution is 5.95. The summed E-state index contributed by atoms with van der Waals surface area (Å²) in [4.78, 5) is 23.1. The molecule has 1 amide bonds. The van der Waals surface area contributed by atoms with Crippen LogP contribution in [-0.4, -0.2) is 16.0 Å². The molecule has 0 aromatic carbocycles. The number of nitrogens with two attached hydrogens (primary N) is 1. The van der Waals surface area contributed by atoms with Crippen LogP contribution in [0.1, 0.15) is 22.5 Å². The van der Waals surface area contributed by atoms with Crippen LogP contribution in [0.25, 0.3) is 0 Å². The van der Waals surface area contributed by atoms with Gasteiger partial charge in [0.15, 0.2) is 5.75 Å². The smallest absolute Gasteiger partial charge is 0.282 e. The fraction of sp³-hybridized carbons (Fsp3) is 0.143. The summed E-state index contributed by atoms with van der Waals surface area (Å²) >= 11 is 0. The molecule has 5 nitrogen and oxygen atoms in total. The number of carbonyl (C=O) groups excluding carboxylic acids is 1. The van der Waals surface area contributed by atoms with E-state index in [4.69, 9.17) is 10.8 Å². The minimum atomic E-state index is -3.08. The predicted octanol–water partition coefficient (Wildman–Crippen LogP) is 0.117. The second-order valence-corrected chi connectivity index (χ2v) is 2.47. The zero-order valence-corrected chi connectivity index (χ0v) is 6.75. The van der Waals surface area contributed by atoms with Gasteiger partial charge in [0.25, 0.3) is 12.3 Å². The molecule has 0 aliphatic heterocycles. The van der Waals surface area contributed by atoms with Gasteiger partial charge >= 0.3 is 0 Å². The Labute approximate surface area is 76.2 Å². The first-order valence-electron chi connectivity index (χ1n) is 3.47. The summed E-state index contributed by atoms with van der Waals surface area (Å²) in [6, 6.07) is 0.656. The van der Waals surface area contributed by atoms with Crippen molar-refractivity contribution in [2.75, 3.05) is 0 Å². The fourth-order valence-corrected chi connectivity index (χ4v) is 0.918. The standard InChI is InChI=1S/C7H6F2N2O3/c8-6(9)4-5(13)2(7(10)14)1-3(12)11-4/h1,6,13H,(H2,10,14)(H,11,12). The van der Waals surface area contributed by atoms with Crippen LogP contribution in [0.4, 0.5) is 8.78 Å². The number of hydrogen-bond donors (Lipinski definition) is 3. The average Bonchev–Trinajstić information content (AvgIpc) is 2.07. The van der Waals surface area contributed by atoms with Gasteiger partial charge < -0.3 is 15.8 Å². The van der Waals surface area contributed by atoms with Crippen LogP contribution in [-0.2, 0) is 0 Å². The van der Waals surface area contributed by atoms with Crippen LogP contribution in [0.3, 0.4) is 0 Å². The van der Waals surface area contributed by atoms with Crippen LogP contribution < -0.4 is 11.3 Å². The molecule has 0 unspecified atom stereocenters. The van der Waals surface area contributed by atoms with Gasteiger partial charge in [0.05, 0.1) is 5.56 Å². The number of nitrogens with one attached hydrogen (secondary N) is 1. The van der Waals surface area contributed by atoms with E-state index in [1.165, 1.54) is 0 Å². The molecule has 0 bridgehead atoms. The van der Waals surface area contributed by atoms with Gasteiger partial charge in [0.1, 0.15) is 5.69 Å². The summed E-state index contributed by atoms with van der Waals surface area (Å²) in [7, 11) is 0. The number of hydrogen-bond acceptors (Lipinski definition) is 3. The van der Waals surface area contributed by atoms with Gasteiger partial charge in [-0.1, -0.05) is 0 Å². The number of primary amides is 1. The molecule has 1 heterocycles. The Morgan fingerprint density at radius 3 is 2.57 bits per heavy atom. The van der Waals surface area contributed by atoms with Gasteiger partial charge in [-0.2, -0.15) is 0 Å². The summed E-state index contributed by atoms with van der Waals surface area (Å²) in [6.45, 7) is 0. The number of carbonyl (C=O) groups is 1. The van der Waals surface area contributed by atoms with Crippen LogP contribution in [0, 0.1) is 0 Å². The molecule has 1 aromatic heterocycles. The van der Waals surface area contributed by atoms with Crippen LogP contribution >= 0.6 is 0 Å². The van der Waals surface area contributed by atoms with Crippen molar-refractivity contribution < 1.29 is 18.7 Å². The second-order valence-electron chi connectivity index (χ2n) is 2.47. The molecule has 4 N–H and O–H groups in total. The Kier molecular flexibility index (Phi) is 2.50. The maximum Gasteiger partial charge on any atom is 0.282 e. The molecule has 0 radical (unpaired) electrons. The van der Waals surface area contributed by atoms with E-state index >= 15 is 0 Å². The van der Waals surface area contributed by atoms with Crippen LogP contribution in [0.2, 0.25) is 0 Å². The van der Waals surface area contributed by atoms with Crippen molar-refractivity contribution in [1.82, 2.24) is 4.98 Å². The third kappa shape index (κ3) is 1.70. The number of aromatic amines is 1. The topological polar surface area (TPSA) is 96.2 Å². The van der Waals surface area contributed by atoms with E-state index in [1.807, 2.05) is 0 Å². The van der Waals surface area contributed by atoms with E-state index in [1.54, 1.807) is 4.98 Å². The molecule has 14 heavy (non-hydrogen) atoms. The quantitative estimate of drug-likeness (QED) is 0.638. The van der Waals surface area contributed by atoms with Crippen molar-refractivity contribution in [3.05, 3.63) is 27.7 Å². The summed E-state index contributed by atoms with van der Waals surface area (Å²) < 4.78 is 24.3. The van der Waals surface area contributed by atoms with Crippen molar-refractivity contribution in [3.63, 3.8) is 0 Å². The highest BCUT2D eigenvalue weighted by Gasteiger charge is 2.19. The summed E-state index contributed by atoms with van der Waals surface area (Å²) in [5, 5.41) is 9.10. The van der Waals surface area contributed by atoms with E-state index in [0.29, 0.717) is 6.07 Å². The fourth-order valence-electron chi connectivity index (χ4n) is 0.918. The molecule has 1 aromatic rings. The lowest BCUT2D eigenvalue weighted by Crippen LogP contribution is -2.18. The molecular weight excluding hydrogens is 198 g/mol. The minimum Gasteiger partial charge on any atom is -0.505 e. The predicted molar refractivity (Wildman–Crippen MR) is 42.2 cm³/mol. The summed E-state index contributed by atoms with van der Waals surface area (Å²) in [6.07, 6.45) is -3.08. The summed E-state index contributed by atoms with van der Waals surface area (Å²) in [5.74, 6) is -2.14. The SMILES string of the molecule is NC(=O)c1cc(=O)[nH]c(C(F)F)c1O. The third-order valence-corrected chi connectivity index (χ3v) is 1.53. The van der Waals surface area contributed by atoms with Gasteiger partial charge in [-0.25, -0.2) is 8.78 Å². The number of H-pyrrole nitrogens is 1. The Morgan fingerprint density at radius 1 is 1.57 bits per heavy atom. The molecule has 0 atom stereocenters. The zero-order valence-electron chi connectivity index (χ0n) is 6.75. The van der Waals surface area contributed by atoms with Gasteiger partial charge in [-0.05, 0) is 0 Å². The average molecular weight is 204 g/mol. The number of halogens is 2. The van der Waals surface area contributed by atoms with Crippen molar-refractivity contribution in [3.8, 4) is 5.75 Å². The molecule has 0 saturated heterocycles. The van der Waals surface area contributed by atoms with Gasteiger partial charge in [0, 0.05) is 6.07 Å². The third-order valence-electron chi connectivity index (χ3n) is 1.53. The number of amides is 1. The molecule has 0 aliphatic rings. The van der Waals surface area contributed by atoms with E-state index in [-0.39, 0.29) is 0 Å². The van der Waals surface area contributed by atoms with E-state index in [0.717, 1.165) is 0 Å². The highest BCUT2D eigenvalue weighted by atomic mass is 19.3. The molecule has 1 rings (SSSR count).